The second-order valence-electron chi connectivity index (χ2n) is 5.15. The van der Waals surface area contributed by atoms with E-state index in [1.54, 1.807) is 6.07 Å². The number of hydrogen-bond acceptors (Lipinski definition) is 4. The molecule has 20 heavy (non-hydrogen) atoms. The highest BCUT2D eigenvalue weighted by molar-refractivity contribution is 5.84. The molecule has 1 aliphatic heterocycles. The van der Waals surface area contributed by atoms with Crippen molar-refractivity contribution in [3.05, 3.63) is 23.8 Å². The van der Waals surface area contributed by atoms with Crippen LogP contribution in [0, 0.1) is 11.3 Å². The summed E-state index contributed by atoms with van der Waals surface area (Å²) in [5, 5.41) is 12.0. The molecule has 1 aromatic carbocycles. The van der Waals surface area contributed by atoms with Crippen molar-refractivity contribution >= 4 is 17.3 Å². The molecular formula is C15H20N4O. The largest absolute Gasteiger partial charge is 0.398 e. The van der Waals surface area contributed by atoms with Crippen LogP contribution in [0.4, 0.5) is 11.4 Å². The number of likely N-dealkylation sites (tertiary alicyclic amines) is 1. The van der Waals surface area contributed by atoms with E-state index >= 15 is 0 Å². The number of benzene rings is 1. The van der Waals surface area contributed by atoms with Crippen LogP contribution in [0.25, 0.3) is 0 Å². The quantitative estimate of drug-likeness (QED) is 0.818. The number of rotatable bonds is 4. The lowest BCUT2D eigenvalue weighted by Gasteiger charge is -2.22. The first kappa shape index (κ1) is 14.2. The fourth-order valence-corrected chi connectivity index (χ4v) is 2.46. The van der Waals surface area contributed by atoms with Gasteiger partial charge in [-0.1, -0.05) is 0 Å². The van der Waals surface area contributed by atoms with Crippen LogP contribution in [0.3, 0.4) is 0 Å². The van der Waals surface area contributed by atoms with Gasteiger partial charge in [0, 0.05) is 24.5 Å². The summed E-state index contributed by atoms with van der Waals surface area (Å²) in [4.78, 5) is 14.1. The Labute approximate surface area is 119 Å². The number of carbonyl (C=O) groups is 1. The summed E-state index contributed by atoms with van der Waals surface area (Å²) in [6, 6.07) is 7.26. The smallest absolute Gasteiger partial charge is 0.244 e. The van der Waals surface area contributed by atoms with Gasteiger partial charge in [0.15, 0.2) is 0 Å². The van der Waals surface area contributed by atoms with Gasteiger partial charge in [-0.05, 0) is 43.5 Å². The third kappa shape index (κ3) is 3.21. The predicted octanol–water partition coefficient (Wildman–Crippen LogP) is 1.76. The first-order valence-corrected chi connectivity index (χ1v) is 6.92. The maximum absolute atomic E-state index is 12.2. The van der Waals surface area contributed by atoms with Crippen LogP contribution < -0.4 is 11.1 Å². The molecule has 0 aliphatic carbocycles. The van der Waals surface area contributed by atoms with Crippen LogP contribution in [0.2, 0.25) is 0 Å². The summed E-state index contributed by atoms with van der Waals surface area (Å²) >= 11 is 0. The van der Waals surface area contributed by atoms with Crippen molar-refractivity contribution in [1.29, 1.82) is 5.26 Å². The third-order valence-electron chi connectivity index (χ3n) is 3.58. The van der Waals surface area contributed by atoms with Crippen LogP contribution in [0.5, 0.6) is 0 Å². The Morgan fingerprint density at radius 1 is 1.50 bits per heavy atom. The van der Waals surface area contributed by atoms with E-state index in [-0.39, 0.29) is 18.4 Å². The molecule has 0 spiro atoms. The van der Waals surface area contributed by atoms with Gasteiger partial charge in [-0.15, -0.1) is 0 Å². The van der Waals surface area contributed by atoms with Crippen LogP contribution in [0.1, 0.15) is 25.3 Å². The molecule has 106 valence electrons. The topological polar surface area (TPSA) is 82.1 Å². The summed E-state index contributed by atoms with van der Waals surface area (Å²) in [7, 11) is 0. The van der Waals surface area contributed by atoms with Gasteiger partial charge < -0.3 is 16.0 Å². The Kier molecular flexibility index (Phi) is 4.46. The molecule has 5 heteroatoms. The number of nitrogens with one attached hydrogen (secondary N) is 1. The highest BCUT2D eigenvalue weighted by Crippen LogP contribution is 2.19. The van der Waals surface area contributed by atoms with Crippen molar-refractivity contribution in [2.75, 3.05) is 24.1 Å². The summed E-state index contributed by atoms with van der Waals surface area (Å²) < 4.78 is 0. The number of nitrogens with zero attached hydrogens (tertiary/aromatic N) is 2. The van der Waals surface area contributed by atoms with Crippen molar-refractivity contribution < 1.29 is 4.79 Å². The maximum Gasteiger partial charge on any atom is 0.244 e. The Hall–Kier alpha value is -2.22. The molecule has 1 unspecified atom stereocenters. The van der Waals surface area contributed by atoms with Gasteiger partial charge in [0.1, 0.15) is 6.04 Å². The Morgan fingerprint density at radius 3 is 2.85 bits per heavy atom. The highest BCUT2D eigenvalue weighted by atomic mass is 16.2. The van der Waals surface area contributed by atoms with Crippen molar-refractivity contribution in [2.24, 2.45) is 0 Å². The summed E-state index contributed by atoms with van der Waals surface area (Å²) in [5.41, 5.74) is 8.03. The molecule has 0 aromatic heterocycles. The number of anilines is 2. The molecule has 1 saturated heterocycles. The summed E-state index contributed by atoms with van der Waals surface area (Å²) in [6.07, 6.45) is 2.45. The maximum atomic E-state index is 12.2. The molecule has 1 aliphatic rings. The van der Waals surface area contributed by atoms with Crippen LogP contribution in [-0.4, -0.2) is 29.9 Å². The Balaban J connectivity index is 2.03. The predicted molar refractivity (Wildman–Crippen MR) is 79.1 cm³/mol. The minimum atomic E-state index is -0.272. The molecule has 3 N–H and O–H groups in total. The molecule has 1 aromatic rings. The van der Waals surface area contributed by atoms with Crippen molar-refractivity contribution in [1.82, 2.24) is 4.90 Å². The fraction of sp³-hybridized carbons (Fsp3) is 0.467. The van der Waals surface area contributed by atoms with Crippen molar-refractivity contribution in [3.8, 4) is 6.07 Å². The summed E-state index contributed by atoms with van der Waals surface area (Å²) in [5.74, 6) is 0.126. The van der Waals surface area contributed by atoms with Gasteiger partial charge in [-0.2, -0.15) is 5.26 Å². The lowest BCUT2D eigenvalue weighted by Crippen LogP contribution is -2.39. The van der Waals surface area contributed by atoms with Crippen LogP contribution >= 0.6 is 0 Å². The Bertz CT molecular complexity index is 529. The van der Waals surface area contributed by atoms with E-state index in [4.69, 9.17) is 11.0 Å². The first-order valence-electron chi connectivity index (χ1n) is 6.92. The standard InChI is InChI=1S/C15H20N4O/c1-11(15(20)19-8-2-3-9-19)18-13-4-5-14(17)12(10-13)6-7-16/h4-5,10-11,18H,2-3,6,8-9,17H2,1H3. The zero-order valence-electron chi connectivity index (χ0n) is 11.7. The number of carbonyl (C=O) groups excluding carboxylic acids is 1. The van der Waals surface area contributed by atoms with Gasteiger partial charge in [-0.25, -0.2) is 0 Å². The fourth-order valence-electron chi connectivity index (χ4n) is 2.46. The minimum Gasteiger partial charge on any atom is -0.398 e. The van der Waals surface area contributed by atoms with Gasteiger partial charge in [0.25, 0.3) is 0 Å². The monoisotopic (exact) mass is 272 g/mol. The molecule has 1 fully saturated rings. The lowest BCUT2D eigenvalue weighted by atomic mass is 10.1. The number of amides is 1. The first-order chi connectivity index (χ1) is 9.61. The zero-order chi connectivity index (χ0) is 14.5. The minimum absolute atomic E-state index is 0.126. The van der Waals surface area contributed by atoms with E-state index in [0.717, 1.165) is 37.2 Å². The molecule has 1 heterocycles. The molecule has 1 amide bonds. The van der Waals surface area contributed by atoms with E-state index in [1.807, 2.05) is 24.0 Å². The molecule has 0 saturated carbocycles. The van der Waals surface area contributed by atoms with E-state index < -0.39 is 0 Å². The number of hydrogen-bond donors (Lipinski definition) is 2. The number of nitriles is 1. The van der Waals surface area contributed by atoms with E-state index in [1.165, 1.54) is 0 Å². The normalized spacial score (nSPS) is 15.7. The zero-order valence-corrected chi connectivity index (χ0v) is 11.7. The number of nitrogens with two attached hydrogens (primary N) is 1. The van der Waals surface area contributed by atoms with Gasteiger partial charge in [0.05, 0.1) is 12.5 Å². The van der Waals surface area contributed by atoms with Crippen LogP contribution in [-0.2, 0) is 11.2 Å². The van der Waals surface area contributed by atoms with Gasteiger partial charge in [0.2, 0.25) is 5.91 Å². The van der Waals surface area contributed by atoms with Crippen LogP contribution in [0.15, 0.2) is 18.2 Å². The molecule has 5 nitrogen and oxygen atoms in total. The van der Waals surface area contributed by atoms with E-state index in [2.05, 4.69) is 11.4 Å². The highest BCUT2D eigenvalue weighted by Gasteiger charge is 2.23. The molecule has 2 rings (SSSR count). The Morgan fingerprint density at radius 2 is 2.20 bits per heavy atom. The SMILES string of the molecule is CC(Nc1ccc(N)c(CC#N)c1)C(=O)N1CCCC1. The van der Waals surface area contributed by atoms with Crippen molar-refractivity contribution in [2.45, 2.75) is 32.2 Å². The molecular weight excluding hydrogens is 252 g/mol. The van der Waals surface area contributed by atoms with E-state index in [9.17, 15) is 4.79 Å². The molecule has 0 bridgehead atoms. The lowest BCUT2D eigenvalue weighted by molar-refractivity contribution is -0.130. The van der Waals surface area contributed by atoms with Gasteiger partial charge in [-0.3, -0.25) is 4.79 Å². The van der Waals surface area contributed by atoms with E-state index in [0.29, 0.717) is 5.69 Å². The van der Waals surface area contributed by atoms with Gasteiger partial charge >= 0.3 is 0 Å². The third-order valence-corrected chi connectivity index (χ3v) is 3.58. The molecule has 1 atom stereocenters. The number of nitrogen functional groups attached to an aromatic ring is 1. The van der Waals surface area contributed by atoms with Crippen molar-refractivity contribution in [3.63, 3.8) is 0 Å². The average molecular weight is 272 g/mol. The second kappa shape index (κ2) is 6.29. The summed E-state index contributed by atoms with van der Waals surface area (Å²) in [6.45, 7) is 3.57. The second-order valence-corrected chi connectivity index (χ2v) is 5.15. The molecule has 0 radical (unpaired) electrons. The average Bonchev–Trinajstić information content (AvgIpc) is 2.96.